The minimum absolute atomic E-state index is 0.125. The van der Waals surface area contributed by atoms with E-state index < -0.39 is 0 Å². The summed E-state index contributed by atoms with van der Waals surface area (Å²) in [5.41, 5.74) is 1.84. The zero-order valence-electron chi connectivity index (χ0n) is 14.2. The van der Waals surface area contributed by atoms with Crippen LogP contribution in [0.1, 0.15) is 31.4 Å². The summed E-state index contributed by atoms with van der Waals surface area (Å²) in [7, 11) is 1.63. The molecule has 0 aliphatic heterocycles. The average Bonchev–Trinajstić information content (AvgIpc) is 3.31. The number of nitriles is 1. The first-order chi connectivity index (χ1) is 12.2. The number of rotatable bonds is 5. The first-order valence-electron chi connectivity index (χ1n) is 8.45. The number of ether oxygens (including phenoxy) is 1. The Hall–Kier alpha value is -3.00. The lowest BCUT2D eigenvalue weighted by Crippen LogP contribution is -2.33. The molecule has 1 heterocycles. The number of aromatic nitrogens is 1. The molecule has 0 spiro atoms. The molecule has 1 aromatic heterocycles. The molecule has 1 amide bonds. The minimum Gasteiger partial charge on any atom is -0.497 e. The van der Waals surface area contributed by atoms with E-state index in [2.05, 4.69) is 5.32 Å². The van der Waals surface area contributed by atoms with Crippen LogP contribution in [-0.2, 0) is 4.79 Å². The lowest BCUT2D eigenvalue weighted by molar-refractivity contribution is -0.117. The van der Waals surface area contributed by atoms with Crippen molar-refractivity contribution in [1.29, 1.82) is 5.26 Å². The van der Waals surface area contributed by atoms with E-state index in [0.29, 0.717) is 0 Å². The molecule has 128 valence electrons. The van der Waals surface area contributed by atoms with Gasteiger partial charge in [0, 0.05) is 23.6 Å². The van der Waals surface area contributed by atoms with Crippen molar-refractivity contribution >= 4 is 12.0 Å². The molecule has 0 bridgehead atoms. The average molecular weight is 335 g/mol. The van der Waals surface area contributed by atoms with Crippen molar-refractivity contribution in [2.75, 3.05) is 7.11 Å². The molecule has 3 rings (SSSR count). The maximum atomic E-state index is 12.4. The highest BCUT2D eigenvalue weighted by Crippen LogP contribution is 2.20. The van der Waals surface area contributed by atoms with E-state index in [-0.39, 0.29) is 17.5 Å². The normalized spacial score (nSPS) is 15.0. The van der Waals surface area contributed by atoms with Crippen LogP contribution in [0.4, 0.5) is 0 Å². The van der Waals surface area contributed by atoms with Crippen molar-refractivity contribution in [3.05, 3.63) is 53.9 Å². The quantitative estimate of drug-likeness (QED) is 0.672. The van der Waals surface area contributed by atoms with Gasteiger partial charge in [0.2, 0.25) is 0 Å². The Labute approximate surface area is 147 Å². The number of nitrogens with zero attached hydrogens (tertiary/aromatic N) is 2. The molecule has 1 saturated carbocycles. The van der Waals surface area contributed by atoms with Gasteiger partial charge in [-0.05, 0) is 55.3 Å². The van der Waals surface area contributed by atoms with Gasteiger partial charge in [-0.2, -0.15) is 5.26 Å². The van der Waals surface area contributed by atoms with Crippen LogP contribution in [0, 0.1) is 11.3 Å². The second kappa shape index (κ2) is 7.71. The predicted octanol–water partition coefficient (Wildman–Crippen LogP) is 3.45. The highest BCUT2D eigenvalue weighted by molar-refractivity contribution is 6.01. The third-order valence-electron chi connectivity index (χ3n) is 4.48. The molecule has 0 unspecified atom stereocenters. The van der Waals surface area contributed by atoms with Crippen LogP contribution in [0.5, 0.6) is 5.75 Å². The molecule has 1 N–H and O–H groups in total. The highest BCUT2D eigenvalue weighted by atomic mass is 16.5. The van der Waals surface area contributed by atoms with Crippen LogP contribution in [0.3, 0.4) is 0 Å². The Morgan fingerprint density at radius 2 is 2.00 bits per heavy atom. The predicted molar refractivity (Wildman–Crippen MR) is 96.3 cm³/mol. The zero-order chi connectivity index (χ0) is 17.6. The molecule has 5 nitrogen and oxygen atoms in total. The van der Waals surface area contributed by atoms with Gasteiger partial charge in [0.15, 0.2) is 0 Å². The summed E-state index contributed by atoms with van der Waals surface area (Å²) >= 11 is 0. The van der Waals surface area contributed by atoms with Gasteiger partial charge in [-0.15, -0.1) is 0 Å². The fourth-order valence-corrected chi connectivity index (χ4v) is 3.12. The van der Waals surface area contributed by atoms with Crippen molar-refractivity contribution in [2.24, 2.45) is 0 Å². The summed E-state index contributed by atoms with van der Waals surface area (Å²) in [5, 5.41) is 12.4. The van der Waals surface area contributed by atoms with Gasteiger partial charge in [-0.1, -0.05) is 12.8 Å². The van der Waals surface area contributed by atoms with Gasteiger partial charge < -0.3 is 14.6 Å². The molecule has 5 heteroatoms. The number of methoxy groups -OCH3 is 1. The maximum Gasteiger partial charge on any atom is 0.262 e. The van der Waals surface area contributed by atoms with Gasteiger partial charge >= 0.3 is 0 Å². The maximum absolute atomic E-state index is 12.4. The number of carbonyl (C=O) groups excluding carboxylic acids is 1. The monoisotopic (exact) mass is 335 g/mol. The number of hydrogen-bond acceptors (Lipinski definition) is 3. The molecule has 1 aliphatic carbocycles. The van der Waals surface area contributed by atoms with Crippen molar-refractivity contribution < 1.29 is 9.53 Å². The zero-order valence-corrected chi connectivity index (χ0v) is 14.2. The molecule has 0 atom stereocenters. The van der Waals surface area contributed by atoms with E-state index in [9.17, 15) is 10.1 Å². The van der Waals surface area contributed by atoms with Crippen molar-refractivity contribution in [2.45, 2.75) is 31.7 Å². The Bertz CT molecular complexity index is 806. The fraction of sp³-hybridized carbons (Fsp3) is 0.300. The number of nitrogens with one attached hydrogen (secondary N) is 1. The largest absolute Gasteiger partial charge is 0.497 e. The summed E-state index contributed by atoms with van der Waals surface area (Å²) in [5.74, 6) is 0.485. The molecule has 1 fully saturated rings. The van der Waals surface area contributed by atoms with E-state index in [1.807, 2.05) is 53.2 Å². The van der Waals surface area contributed by atoms with Gasteiger partial charge in [0.05, 0.1) is 7.11 Å². The molecule has 0 radical (unpaired) electrons. The highest BCUT2D eigenvalue weighted by Gasteiger charge is 2.19. The third-order valence-corrected chi connectivity index (χ3v) is 4.48. The summed E-state index contributed by atoms with van der Waals surface area (Å²) in [6.07, 6.45) is 7.79. The van der Waals surface area contributed by atoms with E-state index in [1.165, 1.54) is 0 Å². The van der Waals surface area contributed by atoms with Crippen LogP contribution in [-0.4, -0.2) is 23.6 Å². The topological polar surface area (TPSA) is 67.0 Å². The Morgan fingerprint density at radius 3 is 2.64 bits per heavy atom. The van der Waals surface area contributed by atoms with Gasteiger partial charge in [0.1, 0.15) is 17.4 Å². The summed E-state index contributed by atoms with van der Waals surface area (Å²) in [4.78, 5) is 12.4. The second-order valence-corrected chi connectivity index (χ2v) is 6.13. The molecular formula is C20H21N3O2. The SMILES string of the molecule is COc1ccc(-n2cccc2/C=C(/C#N)C(=O)NC2CCCC2)cc1. The lowest BCUT2D eigenvalue weighted by Gasteiger charge is -2.11. The van der Waals surface area contributed by atoms with Crippen LogP contribution < -0.4 is 10.1 Å². The standard InChI is InChI=1S/C20H21N3O2/c1-25-19-10-8-17(9-11-19)23-12-4-7-18(23)13-15(14-21)20(24)22-16-5-2-3-6-16/h4,7-13,16H,2-3,5-6H2,1H3,(H,22,24)/b15-13-. The third kappa shape index (κ3) is 3.92. The molecule has 25 heavy (non-hydrogen) atoms. The molecular weight excluding hydrogens is 314 g/mol. The Kier molecular flexibility index (Phi) is 5.20. The smallest absolute Gasteiger partial charge is 0.262 e. The van der Waals surface area contributed by atoms with Gasteiger partial charge in [0.25, 0.3) is 5.91 Å². The summed E-state index contributed by atoms with van der Waals surface area (Å²) in [6.45, 7) is 0. The van der Waals surface area contributed by atoms with Crippen LogP contribution in [0.2, 0.25) is 0 Å². The number of benzene rings is 1. The van der Waals surface area contributed by atoms with Crippen LogP contribution >= 0.6 is 0 Å². The first-order valence-corrected chi connectivity index (χ1v) is 8.45. The minimum atomic E-state index is -0.295. The second-order valence-electron chi connectivity index (χ2n) is 6.13. The Balaban J connectivity index is 1.83. The molecule has 2 aromatic rings. The van der Waals surface area contributed by atoms with Crippen molar-refractivity contribution in [3.8, 4) is 17.5 Å². The fourth-order valence-electron chi connectivity index (χ4n) is 3.12. The van der Waals surface area contributed by atoms with Crippen molar-refractivity contribution in [3.63, 3.8) is 0 Å². The summed E-state index contributed by atoms with van der Waals surface area (Å²) < 4.78 is 7.11. The van der Waals surface area contributed by atoms with Gasteiger partial charge in [-0.3, -0.25) is 4.79 Å². The first kappa shape index (κ1) is 16.8. The van der Waals surface area contributed by atoms with E-state index in [4.69, 9.17) is 4.74 Å². The number of hydrogen-bond donors (Lipinski definition) is 1. The van der Waals surface area contributed by atoms with E-state index in [1.54, 1.807) is 13.2 Å². The molecule has 1 aliphatic rings. The van der Waals surface area contributed by atoms with E-state index in [0.717, 1.165) is 42.8 Å². The van der Waals surface area contributed by atoms with Gasteiger partial charge in [-0.25, -0.2) is 0 Å². The Morgan fingerprint density at radius 1 is 1.28 bits per heavy atom. The summed E-state index contributed by atoms with van der Waals surface area (Å²) in [6, 6.07) is 13.6. The van der Waals surface area contributed by atoms with E-state index >= 15 is 0 Å². The molecule has 0 saturated heterocycles. The van der Waals surface area contributed by atoms with Crippen molar-refractivity contribution in [1.82, 2.24) is 9.88 Å². The lowest BCUT2D eigenvalue weighted by atomic mass is 10.2. The molecule has 1 aromatic carbocycles. The number of carbonyl (C=O) groups is 1. The van der Waals surface area contributed by atoms with Crippen LogP contribution in [0.15, 0.2) is 48.2 Å². The number of amides is 1. The van der Waals surface area contributed by atoms with Crippen LogP contribution in [0.25, 0.3) is 11.8 Å².